The number of urea groups is 1. The predicted octanol–water partition coefficient (Wildman–Crippen LogP) is 3.12. The summed E-state index contributed by atoms with van der Waals surface area (Å²) in [6, 6.07) is 8.34. The molecule has 8 N–H and O–H groups in total. The number of phenolic OH excluding ortho intramolecular Hbond substituents is 1. The van der Waals surface area contributed by atoms with Crippen molar-refractivity contribution >= 4 is 53.3 Å². The largest absolute Gasteiger partial charge is 0.508 e. The fourth-order valence-electron chi connectivity index (χ4n) is 7.00. The number of benzene rings is 2. The summed E-state index contributed by atoms with van der Waals surface area (Å²) in [7, 11) is 1.49. The third kappa shape index (κ3) is 16.2. The first-order chi connectivity index (χ1) is 29.1. The topological polar surface area (TPSA) is 235 Å². The van der Waals surface area contributed by atoms with E-state index in [4.69, 9.17) is 0 Å². The minimum atomic E-state index is -1.22. The molecule has 61 heavy (non-hydrogen) atoms. The predicted molar refractivity (Wildman–Crippen MR) is 235 cm³/mol. The van der Waals surface area contributed by atoms with Crippen LogP contribution in [0.2, 0.25) is 0 Å². The van der Waals surface area contributed by atoms with Gasteiger partial charge in [0.05, 0.1) is 0 Å². The number of nitrogens with one attached hydrogen (secondary N) is 6. The summed E-state index contributed by atoms with van der Waals surface area (Å²) in [4.78, 5) is 97.2. The van der Waals surface area contributed by atoms with Crippen LogP contribution < -0.4 is 31.9 Å². The van der Waals surface area contributed by atoms with E-state index in [1.807, 2.05) is 36.6 Å². The van der Waals surface area contributed by atoms with Crippen molar-refractivity contribution in [2.24, 2.45) is 11.8 Å². The molecule has 3 rings (SSSR count). The standard InChI is InChI=1S/C44H65N7O9S/c1-7-28(4)37(43(58)59)50-44(60)48-32-15-11-12-25-45-38(53)33(24-26-61-6)46-40(55)35(23-19-30-16-20-31(52)21-17-30)51(5)42(57)34(22-18-29-13-9-8-10-14-29)47-41(56)36(27(2)3)49-39(32)54/h8-10,13-14,16-17,20-21,27-28,32-37,52H,7,11-12,15,18-19,22-26H2,1-6H3,(H,45,53)(H,46,55)(H,47,56)(H,49,54)(H,58,59)(H2,48,50,60)/t28-,32-,33+,34-,35+,36-,37-/m0/s1. The molecule has 0 unspecified atom stereocenters. The number of likely N-dealkylation sites (N-methyl/N-ethyl adjacent to an activating group) is 1. The van der Waals surface area contributed by atoms with E-state index >= 15 is 0 Å². The van der Waals surface area contributed by atoms with Crippen molar-refractivity contribution in [3.8, 4) is 5.75 Å². The smallest absolute Gasteiger partial charge is 0.326 e. The first kappa shape index (κ1) is 50.0. The fraction of sp³-hybridized carbons (Fsp3) is 0.568. The Morgan fingerprint density at radius 2 is 1.46 bits per heavy atom. The minimum Gasteiger partial charge on any atom is -0.508 e. The monoisotopic (exact) mass is 867 g/mol. The molecule has 0 saturated carbocycles. The van der Waals surface area contributed by atoms with Crippen LogP contribution in [0.3, 0.4) is 0 Å². The number of aromatic hydroxyl groups is 1. The summed E-state index contributed by atoms with van der Waals surface area (Å²) in [5, 5.41) is 36.1. The van der Waals surface area contributed by atoms with Crippen molar-refractivity contribution in [1.82, 2.24) is 36.8 Å². The molecular weight excluding hydrogens is 803 g/mol. The van der Waals surface area contributed by atoms with E-state index in [-0.39, 0.29) is 31.6 Å². The lowest BCUT2D eigenvalue weighted by atomic mass is 9.98. The first-order valence-corrected chi connectivity index (χ1v) is 22.5. The molecular formula is C44H65N7O9S. The Labute approximate surface area is 363 Å². The number of hydrogen-bond acceptors (Lipinski definition) is 9. The Bertz CT molecular complexity index is 1760. The van der Waals surface area contributed by atoms with Crippen LogP contribution in [0.15, 0.2) is 54.6 Å². The number of amides is 7. The molecule has 17 heteroatoms. The number of rotatable bonds is 15. The van der Waals surface area contributed by atoms with Gasteiger partial charge in [0.15, 0.2) is 0 Å². The maximum atomic E-state index is 14.6. The van der Waals surface area contributed by atoms with Crippen LogP contribution in [0.25, 0.3) is 0 Å². The van der Waals surface area contributed by atoms with E-state index in [1.54, 1.807) is 39.8 Å². The number of thioether (sulfide) groups is 1. The Hall–Kier alpha value is -5.32. The second-order valence-corrected chi connectivity index (χ2v) is 17.0. The Morgan fingerprint density at radius 1 is 0.820 bits per heavy atom. The SMILES string of the molecule is CC[C@H](C)[C@H](NC(=O)N[C@H]1CCCCNC(=O)[C@@H](CCSC)NC(=O)[C@@H](CCc2ccc(O)cc2)N(C)C(=O)[C@H](CCc2ccccc2)NC(=O)[C@H](C(C)C)NC1=O)C(=O)O. The average molecular weight is 868 g/mol. The quantitative estimate of drug-likeness (QED) is 0.130. The highest BCUT2D eigenvalue weighted by atomic mass is 32.2. The van der Waals surface area contributed by atoms with Gasteiger partial charge < -0.3 is 47.0 Å². The van der Waals surface area contributed by atoms with Crippen LogP contribution in [0, 0.1) is 11.8 Å². The number of aryl methyl sites for hydroxylation is 2. The summed E-state index contributed by atoms with van der Waals surface area (Å²) in [6.07, 6.45) is 4.53. The zero-order valence-electron chi connectivity index (χ0n) is 36.2. The molecule has 0 bridgehead atoms. The highest BCUT2D eigenvalue weighted by molar-refractivity contribution is 7.98. The summed E-state index contributed by atoms with van der Waals surface area (Å²) in [5.74, 6) is -4.32. The molecule has 1 aliphatic rings. The Balaban J connectivity index is 2.04. The van der Waals surface area contributed by atoms with Gasteiger partial charge in [-0.2, -0.15) is 11.8 Å². The lowest BCUT2D eigenvalue weighted by Gasteiger charge is -2.33. The van der Waals surface area contributed by atoms with Crippen LogP contribution in [0.1, 0.15) is 83.8 Å². The molecule has 0 radical (unpaired) electrons. The number of nitrogens with zero attached hydrogens (tertiary/aromatic N) is 1. The van der Waals surface area contributed by atoms with Crippen molar-refractivity contribution in [3.63, 3.8) is 0 Å². The molecule has 0 aliphatic carbocycles. The number of carbonyl (C=O) groups is 7. The molecule has 1 saturated heterocycles. The number of phenols is 1. The van der Waals surface area contributed by atoms with Crippen LogP contribution >= 0.6 is 11.8 Å². The molecule has 336 valence electrons. The van der Waals surface area contributed by atoms with Gasteiger partial charge in [-0.3, -0.25) is 24.0 Å². The number of carboxylic acid groups (broad SMARTS) is 1. The summed E-state index contributed by atoms with van der Waals surface area (Å²) in [5.41, 5.74) is 1.72. The molecule has 7 amide bonds. The maximum Gasteiger partial charge on any atom is 0.326 e. The number of aliphatic carboxylic acids is 1. The zero-order valence-corrected chi connectivity index (χ0v) is 37.0. The second kappa shape index (κ2) is 25.5. The molecule has 2 aromatic carbocycles. The van der Waals surface area contributed by atoms with Gasteiger partial charge in [0.2, 0.25) is 29.5 Å². The van der Waals surface area contributed by atoms with Crippen molar-refractivity contribution < 1.29 is 43.8 Å². The molecule has 16 nitrogen and oxygen atoms in total. The minimum absolute atomic E-state index is 0.0828. The summed E-state index contributed by atoms with van der Waals surface area (Å²) in [6.45, 7) is 7.13. The summed E-state index contributed by atoms with van der Waals surface area (Å²) < 4.78 is 0. The van der Waals surface area contributed by atoms with Crippen molar-refractivity contribution in [2.75, 3.05) is 25.6 Å². The third-order valence-corrected chi connectivity index (χ3v) is 11.7. The highest BCUT2D eigenvalue weighted by Gasteiger charge is 2.37. The molecule has 1 aliphatic heterocycles. The van der Waals surface area contributed by atoms with Gasteiger partial charge >= 0.3 is 12.0 Å². The number of carbonyl (C=O) groups excluding carboxylic acids is 6. The van der Waals surface area contributed by atoms with E-state index in [0.717, 1.165) is 11.1 Å². The molecule has 1 heterocycles. The number of hydrogen-bond donors (Lipinski definition) is 8. The third-order valence-electron chi connectivity index (χ3n) is 11.0. The van der Waals surface area contributed by atoms with E-state index in [9.17, 15) is 43.8 Å². The van der Waals surface area contributed by atoms with E-state index in [1.165, 1.54) is 35.8 Å². The van der Waals surface area contributed by atoms with Crippen LogP contribution in [-0.2, 0) is 41.6 Å². The summed E-state index contributed by atoms with van der Waals surface area (Å²) >= 11 is 1.51. The molecule has 1 fully saturated rings. The van der Waals surface area contributed by atoms with Crippen molar-refractivity contribution in [2.45, 2.75) is 122 Å². The molecule has 7 atom stereocenters. The van der Waals surface area contributed by atoms with Gasteiger partial charge in [0, 0.05) is 13.6 Å². The maximum absolute atomic E-state index is 14.6. The molecule has 0 aromatic heterocycles. The van der Waals surface area contributed by atoms with Crippen molar-refractivity contribution in [3.05, 3.63) is 65.7 Å². The highest BCUT2D eigenvalue weighted by Crippen LogP contribution is 2.18. The van der Waals surface area contributed by atoms with Gasteiger partial charge in [-0.15, -0.1) is 0 Å². The van der Waals surface area contributed by atoms with E-state index in [0.29, 0.717) is 44.3 Å². The van der Waals surface area contributed by atoms with Gasteiger partial charge in [0.1, 0.15) is 42.0 Å². The van der Waals surface area contributed by atoms with Crippen LogP contribution in [-0.4, -0.2) is 119 Å². The van der Waals surface area contributed by atoms with Gasteiger partial charge in [-0.1, -0.05) is 76.6 Å². The van der Waals surface area contributed by atoms with Gasteiger partial charge in [-0.25, -0.2) is 9.59 Å². The van der Waals surface area contributed by atoms with Gasteiger partial charge in [-0.05, 0) is 98.5 Å². The van der Waals surface area contributed by atoms with E-state index < -0.39 is 89.6 Å². The number of carboxylic acids is 1. The lowest BCUT2D eigenvalue weighted by Crippen LogP contribution is -2.60. The van der Waals surface area contributed by atoms with Gasteiger partial charge in [0.25, 0.3) is 0 Å². The van der Waals surface area contributed by atoms with E-state index in [2.05, 4.69) is 31.9 Å². The average Bonchev–Trinajstić information content (AvgIpc) is 3.23. The van der Waals surface area contributed by atoms with Crippen LogP contribution in [0.4, 0.5) is 4.79 Å². The fourth-order valence-corrected chi connectivity index (χ4v) is 7.47. The molecule has 2 aromatic rings. The van der Waals surface area contributed by atoms with Crippen LogP contribution in [0.5, 0.6) is 5.75 Å². The first-order valence-electron chi connectivity index (χ1n) is 21.1. The Morgan fingerprint density at radius 3 is 2.08 bits per heavy atom. The second-order valence-electron chi connectivity index (χ2n) is 16.0. The molecule has 0 spiro atoms. The zero-order chi connectivity index (χ0) is 45.1. The lowest BCUT2D eigenvalue weighted by molar-refractivity contribution is -0.143. The van der Waals surface area contributed by atoms with Crippen molar-refractivity contribution in [1.29, 1.82) is 0 Å². The normalized spacial score (nSPS) is 22.3. The Kier molecular flexibility index (Phi) is 20.9.